The van der Waals surface area contributed by atoms with Gasteiger partial charge in [-0.3, -0.25) is 0 Å². The summed E-state index contributed by atoms with van der Waals surface area (Å²) in [6, 6.07) is 6.67. The Morgan fingerprint density at radius 2 is 1.95 bits per heavy atom. The molecule has 2 aromatic rings. The fourth-order valence-corrected chi connectivity index (χ4v) is 3.57. The third-order valence-corrected chi connectivity index (χ3v) is 5.24. The van der Waals surface area contributed by atoms with E-state index in [0.717, 1.165) is 6.07 Å². The van der Waals surface area contributed by atoms with Gasteiger partial charge in [0.15, 0.2) is 0 Å². The van der Waals surface area contributed by atoms with Gasteiger partial charge in [0.1, 0.15) is 0 Å². The van der Waals surface area contributed by atoms with Gasteiger partial charge >= 0.3 is 6.18 Å². The van der Waals surface area contributed by atoms with Gasteiger partial charge in [0, 0.05) is 0 Å². The van der Waals surface area contributed by atoms with E-state index in [-0.39, 0.29) is 21.8 Å². The molecule has 0 aliphatic rings. The van der Waals surface area contributed by atoms with Crippen LogP contribution in [0.3, 0.4) is 0 Å². The zero-order chi connectivity index (χ0) is 15.0. The van der Waals surface area contributed by atoms with Crippen LogP contribution < -0.4 is 0 Å². The van der Waals surface area contributed by atoms with Crippen molar-refractivity contribution in [2.75, 3.05) is 0 Å². The largest absolute Gasteiger partial charge is 0.445 e. The van der Waals surface area contributed by atoms with Gasteiger partial charge in [-0.1, -0.05) is 17.4 Å². The van der Waals surface area contributed by atoms with E-state index in [1.165, 1.54) is 18.2 Å². The zero-order valence-electron chi connectivity index (χ0n) is 9.42. The van der Waals surface area contributed by atoms with Crippen molar-refractivity contribution in [1.29, 1.82) is 5.26 Å². The van der Waals surface area contributed by atoms with E-state index >= 15 is 0 Å². The number of nitriles is 1. The number of hydrogen-bond acceptors (Lipinski definition) is 6. The molecule has 0 radical (unpaired) electrons. The van der Waals surface area contributed by atoms with Gasteiger partial charge in [-0.25, -0.2) is 8.42 Å². The van der Waals surface area contributed by atoms with Crippen molar-refractivity contribution in [3.05, 3.63) is 34.8 Å². The molecule has 0 atom stereocenters. The van der Waals surface area contributed by atoms with Crippen LogP contribution in [0.1, 0.15) is 10.6 Å². The van der Waals surface area contributed by atoms with Crippen LogP contribution in [0.2, 0.25) is 0 Å². The molecule has 0 unspecified atom stereocenters. The first-order valence-corrected chi connectivity index (χ1v) is 7.21. The lowest BCUT2D eigenvalue weighted by Gasteiger charge is -2.00. The molecule has 0 N–H and O–H groups in total. The van der Waals surface area contributed by atoms with Gasteiger partial charge in [-0.2, -0.15) is 18.4 Å². The number of nitrogens with zero attached hydrogens (tertiary/aromatic N) is 3. The molecule has 0 bridgehead atoms. The number of rotatable bonds is 2. The van der Waals surface area contributed by atoms with E-state index in [0.29, 0.717) is 0 Å². The Labute approximate surface area is 115 Å². The summed E-state index contributed by atoms with van der Waals surface area (Å²) in [6.45, 7) is 0. The topological polar surface area (TPSA) is 83.7 Å². The second-order valence-corrected chi connectivity index (χ2v) is 6.61. The minimum Gasteiger partial charge on any atom is -0.216 e. The summed E-state index contributed by atoms with van der Waals surface area (Å²) in [6.07, 6.45) is -4.75. The molecule has 10 heteroatoms. The predicted octanol–water partition coefficient (Wildman–Crippen LogP) is 2.26. The van der Waals surface area contributed by atoms with Crippen LogP contribution in [0.4, 0.5) is 13.2 Å². The predicted molar refractivity (Wildman–Crippen MR) is 61.5 cm³/mol. The number of aromatic nitrogens is 2. The summed E-state index contributed by atoms with van der Waals surface area (Å²) in [5, 5.41) is 13.2. The number of halogens is 3. The molecule has 2 rings (SSSR count). The molecule has 0 aliphatic carbocycles. The Kier molecular flexibility index (Phi) is 3.49. The first kappa shape index (κ1) is 14.4. The molecule has 0 saturated carbocycles. The molecule has 20 heavy (non-hydrogen) atoms. The molecule has 1 heterocycles. The molecule has 0 aliphatic heterocycles. The van der Waals surface area contributed by atoms with Gasteiger partial charge in [-0.15, -0.1) is 10.2 Å². The van der Waals surface area contributed by atoms with Crippen molar-refractivity contribution < 1.29 is 21.6 Å². The molecule has 5 nitrogen and oxygen atoms in total. The number of benzene rings is 1. The summed E-state index contributed by atoms with van der Waals surface area (Å²) < 4.78 is 60.5. The van der Waals surface area contributed by atoms with E-state index in [1.807, 2.05) is 0 Å². The van der Waals surface area contributed by atoms with Crippen LogP contribution in [-0.2, 0) is 16.0 Å². The Balaban J connectivity index is 2.50. The normalized spacial score (nSPS) is 12.1. The van der Waals surface area contributed by atoms with E-state index < -0.39 is 25.4 Å². The maximum absolute atomic E-state index is 12.4. The van der Waals surface area contributed by atoms with Crippen LogP contribution in [0, 0.1) is 11.3 Å². The first-order valence-electron chi connectivity index (χ1n) is 4.91. The first-order chi connectivity index (χ1) is 9.25. The van der Waals surface area contributed by atoms with Crippen molar-refractivity contribution in [1.82, 2.24) is 10.2 Å². The van der Waals surface area contributed by atoms with Crippen LogP contribution in [0.15, 0.2) is 33.5 Å². The maximum atomic E-state index is 12.4. The molecular weight excluding hydrogens is 315 g/mol. The van der Waals surface area contributed by atoms with Gasteiger partial charge < -0.3 is 0 Å². The van der Waals surface area contributed by atoms with Crippen molar-refractivity contribution in [3.63, 3.8) is 0 Å². The van der Waals surface area contributed by atoms with Gasteiger partial charge in [0.2, 0.25) is 19.2 Å². The summed E-state index contributed by atoms with van der Waals surface area (Å²) in [4.78, 5) is -0.304. The molecule has 0 saturated heterocycles. The third kappa shape index (κ3) is 2.63. The quantitative estimate of drug-likeness (QED) is 0.848. The SMILES string of the molecule is N#Cc1cccc(S(=O)(=O)c2nnc(C(F)(F)F)s2)c1. The molecule has 0 amide bonds. The summed E-state index contributed by atoms with van der Waals surface area (Å²) in [7, 11) is -4.22. The highest BCUT2D eigenvalue weighted by Gasteiger charge is 2.37. The Morgan fingerprint density at radius 1 is 1.25 bits per heavy atom. The molecule has 0 fully saturated rings. The lowest BCUT2D eigenvalue weighted by molar-refractivity contribution is -0.138. The smallest absolute Gasteiger partial charge is 0.216 e. The second kappa shape index (κ2) is 4.84. The lowest BCUT2D eigenvalue weighted by atomic mass is 10.2. The highest BCUT2D eigenvalue weighted by atomic mass is 32.2. The number of sulfone groups is 1. The maximum Gasteiger partial charge on any atom is 0.445 e. The monoisotopic (exact) mass is 319 g/mol. The zero-order valence-corrected chi connectivity index (χ0v) is 11.1. The molecule has 104 valence electrons. The Hall–Kier alpha value is -1.99. The average Bonchev–Trinajstić information content (AvgIpc) is 2.89. The summed E-state index contributed by atoms with van der Waals surface area (Å²) >= 11 is -0.0630. The van der Waals surface area contributed by atoms with Gasteiger partial charge in [0.05, 0.1) is 16.5 Å². The fraction of sp³-hybridized carbons (Fsp3) is 0.100. The minimum atomic E-state index is -4.75. The highest BCUT2D eigenvalue weighted by molar-refractivity contribution is 7.93. The van der Waals surface area contributed by atoms with Crippen LogP contribution in [0.5, 0.6) is 0 Å². The number of hydrogen-bond donors (Lipinski definition) is 0. The average molecular weight is 319 g/mol. The molecule has 1 aromatic heterocycles. The van der Waals surface area contributed by atoms with Crippen molar-refractivity contribution in [3.8, 4) is 6.07 Å². The van der Waals surface area contributed by atoms with E-state index in [1.54, 1.807) is 6.07 Å². The van der Waals surface area contributed by atoms with E-state index in [4.69, 9.17) is 5.26 Å². The standard InChI is InChI=1S/C10H4F3N3O2S2/c11-10(12,13)8-15-16-9(19-8)20(17,18)7-3-1-2-6(4-7)5-14/h1-4H. The van der Waals surface area contributed by atoms with Crippen molar-refractivity contribution in [2.24, 2.45) is 0 Å². The molecular formula is C10H4F3N3O2S2. The van der Waals surface area contributed by atoms with Crippen LogP contribution in [0.25, 0.3) is 0 Å². The van der Waals surface area contributed by atoms with E-state index in [9.17, 15) is 21.6 Å². The summed E-state index contributed by atoms with van der Waals surface area (Å²) in [5.41, 5.74) is 0.0756. The fourth-order valence-electron chi connectivity index (χ4n) is 1.27. The Bertz CT molecular complexity index is 791. The second-order valence-electron chi connectivity index (χ2n) is 3.51. The third-order valence-electron chi connectivity index (χ3n) is 2.15. The Morgan fingerprint density at radius 3 is 2.50 bits per heavy atom. The van der Waals surface area contributed by atoms with Gasteiger partial charge in [-0.05, 0) is 18.2 Å². The molecule has 1 aromatic carbocycles. The minimum absolute atomic E-state index is 0.0630. The van der Waals surface area contributed by atoms with Gasteiger partial charge in [0.25, 0.3) is 0 Å². The van der Waals surface area contributed by atoms with Crippen molar-refractivity contribution >= 4 is 21.2 Å². The lowest BCUT2D eigenvalue weighted by Crippen LogP contribution is -2.03. The highest BCUT2D eigenvalue weighted by Crippen LogP contribution is 2.34. The summed E-state index contributed by atoms with van der Waals surface area (Å²) in [5.74, 6) is 0. The van der Waals surface area contributed by atoms with Crippen LogP contribution in [-0.4, -0.2) is 18.6 Å². The molecule has 0 spiro atoms. The van der Waals surface area contributed by atoms with Crippen LogP contribution >= 0.6 is 11.3 Å². The number of alkyl halides is 3. The van der Waals surface area contributed by atoms with Crippen molar-refractivity contribution in [2.45, 2.75) is 15.4 Å². The van der Waals surface area contributed by atoms with E-state index in [2.05, 4.69) is 10.2 Å².